The Hall–Kier alpha value is -3.63. The molecular weight excluding hydrogens is 381 g/mol. The first-order valence-electron chi connectivity index (χ1n) is 8.58. The van der Waals surface area contributed by atoms with E-state index in [1.165, 1.54) is 7.05 Å². The molecule has 1 aliphatic rings. The Kier molecular flexibility index (Phi) is 6.27. The summed E-state index contributed by atoms with van der Waals surface area (Å²) in [6.07, 6.45) is -2.33. The zero-order valence-electron chi connectivity index (χ0n) is 15.3. The first-order chi connectivity index (χ1) is 14.0. The normalized spacial score (nSPS) is 16.6. The Morgan fingerprint density at radius 2 is 1.90 bits per heavy atom. The monoisotopic (exact) mass is 399 g/mol. The van der Waals surface area contributed by atoms with E-state index in [9.17, 15) is 14.1 Å². The highest BCUT2D eigenvalue weighted by Crippen LogP contribution is 2.23. The van der Waals surface area contributed by atoms with E-state index in [0.717, 1.165) is 11.1 Å². The summed E-state index contributed by atoms with van der Waals surface area (Å²) < 4.78 is 16.9. The minimum absolute atomic E-state index is 0.480. The van der Waals surface area contributed by atoms with Crippen LogP contribution < -0.4 is 16.0 Å². The molecule has 2 atom stereocenters. The number of carbonyl (C=O) groups excluding carboxylic acids is 2. The van der Waals surface area contributed by atoms with E-state index in [0.29, 0.717) is 11.4 Å². The Balaban J connectivity index is 1.93. The largest absolute Gasteiger partial charge is 0.440 e. The third kappa shape index (κ3) is 4.62. The van der Waals surface area contributed by atoms with E-state index in [4.69, 9.17) is 10.1 Å². The van der Waals surface area contributed by atoms with Crippen LogP contribution in [0, 0.1) is 5.41 Å². The predicted octanol–water partition coefficient (Wildman–Crippen LogP) is 1.32. The van der Waals surface area contributed by atoms with Crippen molar-refractivity contribution in [2.24, 2.45) is 4.99 Å². The van der Waals surface area contributed by atoms with Crippen molar-refractivity contribution in [2.75, 3.05) is 12.4 Å². The number of ether oxygens (including phenoxy) is 1. The van der Waals surface area contributed by atoms with Crippen LogP contribution in [-0.4, -0.2) is 43.1 Å². The van der Waals surface area contributed by atoms with Gasteiger partial charge in [0, 0.05) is 15.7 Å². The highest BCUT2D eigenvalue weighted by Gasteiger charge is 2.29. The van der Waals surface area contributed by atoms with Gasteiger partial charge in [0.05, 0.1) is 11.4 Å². The number of amides is 1. The van der Waals surface area contributed by atoms with Gasteiger partial charge in [-0.1, -0.05) is 48.5 Å². The zero-order valence-corrected chi connectivity index (χ0v) is 15.3. The van der Waals surface area contributed by atoms with Crippen LogP contribution in [0.15, 0.2) is 59.6 Å². The van der Waals surface area contributed by atoms with Gasteiger partial charge in [-0.3, -0.25) is 20.5 Å². The summed E-state index contributed by atoms with van der Waals surface area (Å²) in [7, 11) is 1.46. The molecule has 0 bridgehead atoms. The highest BCUT2D eigenvalue weighted by molar-refractivity contribution is 6.31. The van der Waals surface area contributed by atoms with Crippen LogP contribution >= 0.6 is 0 Å². The Labute approximate surface area is 165 Å². The Bertz CT molecular complexity index is 951. The highest BCUT2D eigenvalue weighted by atomic mass is 19.3. The molecular formula is C19H18FN5O4. The molecule has 1 amide bonds. The molecule has 0 aliphatic carbocycles. The SMILES string of the molecule is CNC(NC1N=C(c2ccccc2)c2ccccc2NC1=O)OC(=N)C(=O)OF. The fraction of sp³-hybridized carbons (Fsp3) is 0.158. The predicted molar refractivity (Wildman–Crippen MR) is 103 cm³/mol. The summed E-state index contributed by atoms with van der Waals surface area (Å²) in [6.45, 7) is 0. The molecule has 2 aromatic rings. The van der Waals surface area contributed by atoms with Crippen molar-refractivity contribution < 1.29 is 23.8 Å². The number of hydrogen-bond acceptors (Lipinski definition) is 8. The van der Waals surface area contributed by atoms with Gasteiger partial charge < -0.3 is 10.1 Å². The number of anilines is 1. The van der Waals surface area contributed by atoms with E-state index in [1.54, 1.807) is 12.1 Å². The number of fused-ring (bicyclic) bond motifs is 1. The van der Waals surface area contributed by atoms with E-state index >= 15 is 0 Å². The van der Waals surface area contributed by atoms with Crippen molar-refractivity contribution in [3.63, 3.8) is 0 Å². The van der Waals surface area contributed by atoms with E-state index in [1.807, 2.05) is 42.5 Å². The second-order valence-corrected chi connectivity index (χ2v) is 5.93. The van der Waals surface area contributed by atoms with Gasteiger partial charge in [-0.25, -0.2) is 15.1 Å². The molecule has 0 spiro atoms. The van der Waals surface area contributed by atoms with Crippen molar-refractivity contribution in [1.82, 2.24) is 10.6 Å². The molecule has 0 aromatic heterocycles. The molecule has 4 N–H and O–H groups in total. The second-order valence-electron chi connectivity index (χ2n) is 5.93. The lowest BCUT2D eigenvalue weighted by molar-refractivity contribution is -0.176. The van der Waals surface area contributed by atoms with Gasteiger partial charge in [-0.15, -0.1) is 0 Å². The average molecular weight is 399 g/mol. The van der Waals surface area contributed by atoms with E-state index in [2.05, 4.69) is 25.9 Å². The number of aliphatic imine (C=N–C) groups is 1. The van der Waals surface area contributed by atoms with Crippen LogP contribution in [0.4, 0.5) is 10.2 Å². The zero-order chi connectivity index (χ0) is 20.8. The Morgan fingerprint density at radius 3 is 2.59 bits per heavy atom. The van der Waals surface area contributed by atoms with Gasteiger partial charge in [-0.2, -0.15) is 0 Å². The number of benzene rings is 2. The van der Waals surface area contributed by atoms with Crippen molar-refractivity contribution >= 4 is 29.2 Å². The minimum atomic E-state index is -1.60. The van der Waals surface area contributed by atoms with E-state index < -0.39 is 30.3 Å². The summed E-state index contributed by atoms with van der Waals surface area (Å²) in [6, 6.07) is 16.5. The minimum Gasteiger partial charge on any atom is -0.440 e. The number of rotatable bonds is 5. The molecule has 0 fully saturated rings. The van der Waals surface area contributed by atoms with Gasteiger partial charge in [0.25, 0.3) is 5.91 Å². The smallest absolute Gasteiger partial charge is 0.433 e. The molecule has 0 saturated heterocycles. The molecule has 29 heavy (non-hydrogen) atoms. The van der Waals surface area contributed by atoms with Crippen LogP contribution in [-0.2, 0) is 19.3 Å². The van der Waals surface area contributed by atoms with Crippen LogP contribution in [0.3, 0.4) is 0 Å². The number of hydrogen-bond donors (Lipinski definition) is 4. The maximum Gasteiger partial charge on any atom is 0.433 e. The molecule has 10 heteroatoms. The summed E-state index contributed by atoms with van der Waals surface area (Å²) >= 11 is 0. The summed E-state index contributed by atoms with van der Waals surface area (Å²) in [5, 5.41) is 15.5. The van der Waals surface area contributed by atoms with Crippen LogP contribution in [0.2, 0.25) is 0 Å². The number of para-hydroxylation sites is 1. The number of nitrogens with one attached hydrogen (secondary N) is 4. The summed E-state index contributed by atoms with van der Waals surface area (Å²) in [4.78, 5) is 31.3. The van der Waals surface area contributed by atoms with Crippen LogP contribution in [0.1, 0.15) is 11.1 Å². The second kappa shape index (κ2) is 9.04. The molecule has 9 nitrogen and oxygen atoms in total. The number of benzodiazepines with no additional fused rings is 1. The van der Waals surface area contributed by atoms with Crippen LogP contribution in [0.5, 0.6) is 0 Å². The molecule has 1 aliphatic heterocycles. The van der Waals surface area contributed by atoms with Crippen LogP contribution in [0.25, 0.3) is 0 Å². The summed E-state index contributed by atoms with van der Waals surface area (Å²) in [5.74, 6) is -3.16. The van der Waals surface area contributed by atoms with E-state index in [-0.39, 0.29) is 0 Å². The van der Waals surface area contributed by atoms with Crippen molar-refractivity contribution in [3.8, 4) is 0 Å². The fourth-order valence-electron chi connectivity index (χ4n) is 2.72. The number of halogens is 1. The van der Waals surface area contributed by atoms with Gasteiger partial charge in [-0.05, 0) is 13.1 Å². The quantitative estimate of drug-likeness (QED) is 0.341. The third-order valence-corrected chi connectivity index (χ3v) is 4.06. The molecule has 2 unspecified atom stereocenters. The molecule has 150 valence electrons. The maximum absolute atomic E-state index is 12.7. The molecule has 1 heterocycles. The van der Waals surface area contributed by atoms with Gasteiger partial charge in [0.2, 0.25) is 6.35 Å². The average Bonchev–Trinajstić information content (AvgIpc) is 2.89. The first kappa shape index (κ1) is 20.1. The number of carbonyl (C=O) groups is 2. The van der Waals surface area contributed by atoms with Crippen molar-refractivity contribution in [1.29, 1.82) is 5.41 Å². The lowest BCUT2D eigenvalue weighted by atomic mass is 10.0. The third-order valence-electron chi connectivity index (χ3n) is 4.06. The first-order valence-corrected chi connectivity index (χ1v) is 8.58. The van der Waals surface area contributed by atoms with Gasteiger partial charge >= 0.3 is 11.9 Å². The Morgan fingerprint density at radius 1 is 1.21 bits per heavy atom. The van der Waals surface area contributed by atoms with Gasteiger partial charge in [0.1, 0.15) is 0 Å². The summed E-state index contributed by atoms with van der Waals surface area (Å²) in [5.41, 5.74) is 2.66. The fourth-order valence-corrected chi connectivity index (χ4v) is 2.72. The maximum atomic E-state index is 12.7. The molecule has 0 saturated carbocycles. The molecule has 2 aromatic carbocycles. The lowest BCUT2D eigenvalue weighted by Gasteiger charge is -2.22. The van der Waals surface area contributed by atoms with Gasteiger partial charge in [0.15, 0.2) is 6.17 Å². The van der Waals surface area contributed by atoms with Crippen molar-refractivity contribution in [3.05, 3.63) is 65.7 Å². The topological polar surface area (TPSA) is 125 Å². The molecule has 0 radical (unpaired) electrons. The number of nitrogens with zero attached hydrogens (tertiary/aromatic N) is 1. The standard InChI is InChI=1S/C19H18FN5O4/c1-22-19(28-15(21)18(27)29-20)25-16-17(26)23-13-10-6-5-9-12(13)14(24-16)11-7-3-2-4-8-11/h2-10,16,19,21-22,25H,1H3,(H,23,26). The van der Waals surface area contributed by atoms with Crippen molar-refractivity contribution in [2.45, 2.75) is 12.5 Å². The molecule has 3 rings (SSSR count). The lowest BCUT2D eigenvalue weighted by Crippen LogP contribution is -2.52.